The molecule has 4 aromatic rings. The number of nitrogens with two attached hydrogens (primary N) is 2. The zero-order chi connectivity index (χ0) is 35.0. The van der Waals surface area contributed by atoms with Gasteiger partial charge in [0.1, 0.15) is 24.9 Å². The number of halogens is 4. The van der Waals surface area contributed by atoms with Crippen LogP contribution >= 0.6 is 11.6 Å². The van der Waals surface area contributed by atoms with Gasteiger partial charge in [-0.1, -0.05) is 36.9 Å². The Morgan fingerprint density at radius 1 is 1.15 bits per heavy atom. The summed E-state index contributed by atoms with van der Waals surface area (Å²) in [5.74, 6) is -1.34. The molecule has 0 aliphatic heterocycles. The number of carboxylic acid groups (broad SMARTS) is 1. The number of hydrogen-bond donors (Lipinski definition) is 3. The van der Waals surface area contributed by atoms with Crippen molar-refractivity contribution in [3.05, 3.63) is 59.4 Å². The summed E-state index contributed by atoms with van der Waals surface area (Å²) >= 11 is 6.01. The van der Waals surface area contributed by atoms with E-state index in [1.807, 2.05) is 16.8 Å². The van der Waals surface area contributed by atoms with Crippen LogP contribution in [0.15, 0.2) is 42.7 Å². The van der Waals surface area contributed by atoms with Crippen LogP contribution in [0.5, 0.6) is 11.5 Å². The molecule has 3 heterocycles. The molecule has 17 heteroatoms. The molecule has 1 aliphatic carbocycles. The Balaban J connectivity index is 0.000000671. The molecule has 1 amide bonds. The van der Waals surface area contributed by atoms with Gasteiger partial charge in [0.15, 0.2) is 52.5 Å². The van der Waals surface area contributed by atoms with Crippen molar-refractivity contribution in [3.8, 4) is 11.5 Å². The van der Waals surface area contributed by atoms with Gasteiger partial charge in [0.2, 0.25) is 0 Å². The molecule has 0 spiro atoms. The number of aliphatic carboxylic acids is 1. The average Bonchev–Trinajstić information content (AvgIpc) is 3.33. The number of alkyl halides is 3. The summed E-state index contributed by atoms with van der Waals surface area (Å²) in [6, 6.07) is 9.35. The predicted molar refractivity (Wildman–Crippen MR) is 164 cm³/mol. The quantitative estimate of drug-likeness (QED) is 0.208. The van der Waals surface area contributed by atoms with Gasteiger partial charge < -0.3 is 36.5 Å². The summed E-state index contributed by atoms with van der Waals surface area (Å²) in [7, 11) is 0. The number of fused-ring (bicyclic) bond motifs is 1. The van der Waals surface area contributed by atoms with Crippen molar-refractivity contribution in [2.75, 3.05) is 18.1 Å². The Morgan fingerprint density at radius 3 is 2.50 bits per heavy atom. The first-order chi connectivity index (χ1) is 22.8. The maximum Gasteiger partial charge on any atom is 0.430 e. The first kappa shape index (κ1) is 36.0. The minimum absolute atomic E-state index is 0.0207. The van der Waals surface area contributed by atoms with Crippen LogP contribution < -0.4 is 40.9 Å². The van der Waals surface area contributed by atoms with E-state index in [4.69, 9.17) is 37.7 Å². The number of pyridine rings is 1. The minimum Gasteiger partial charge on any atom is -0.868 e. The predicted octanol–water partition coefficient (Wildman–Crippen LogP) is 1.81. The standard InChI is InChI=1S/C29H35ClN8O3.C2HF3O2/c1-2-37-22-11-10-21(41-14-13-36-12-6-9-20(39)18-36)15-23(22)38(17-19-7-4-3-5-8-19)24(37)16-33-29(40)25-27(31)35-28(32)26(30)34-25;3-2(4,5)1(6)7/h6,9-12,15,18-19H,2-5,7-8,13-14,16-17H2,1H3,(H4-2,31,32,33,35,39,40);(H,6,7). The average molecular weight is 693 g/mol. The fourth-order valence-corrected chi connectivity index (χ4v) is 5.72. The molecule has 3 aromatic heterocycles. The van der Waals surface area contributed by atoms with Gasteiger partial charge in [-0.3, -0.25) is 4.79 Å². The van der Waals surface area contributed by atoms with Crippen molar-refractivity contribution < 1.29 is 46.8 Å². The topological polar surface area (TPSA) is 192 Å². The second-order valence-electron chi connectivity index (χ2n) is 11.2. The van der Waals surface area contributed by atoms with E-state index in [1.54, 1.807) is 12.3 Å². The van der Waals surface area contributed by atoms with Crippen LogP contribution in [0, 0.1) is 5.92 Å². The van der Waals surface area contributed by atoms with E-state index < -0.39 is 18.1 Å². The van der Waals surface area contributed by atoms with Crippen LogP contribution in [0.25, 0.3) is 11.0 Å². The van der Waals surface area contributed by atoms with Crippen LogP contribution in [-0.4, -0.2) is 39.2 Å². The summed E-state index contributed by atoms with van der Waals surface area (Å²) in [4.78, 5) is 29.8. The fraction of sp³-hybridized carbons (Fsp3) is 0.419. The number of aromatic nitrogens is 5. The van der Waals surface area contributed by atoms with E-state index in [9.17, 15) is 23.1 Å². The summed E-state index contributed by atoms with van der Waals surface area (Å²) in [6.07, 6.45) is 4.32. The highest BCUT2D eigenvalue weighted by Gasteiger charge is 2.30. The fourth-order valence-electron chi connectivity index (χ4n) is 5.59. The molecule has 13 nitrogen and oxygen atoms in total. The van der Waals surface area contributed by atoms with Crippen LogP contribution in [0.2, 0.25) is 5.15 Å². The number of carboxylic acids is 1. The van der Waals surface area contributed by atoms with Crippen molar-refractivity contribution in [1.82, 2.24) is 19.9 Å². The Morgan fingerprint density at radius 2 is 1.85 bits per heavy atom. The molecule has 0 saturated heterocycles. The number of aryl methyl sites for hydroxylation is 1. The first-order valence-corrected chi connectivity index (χ1v) is 15.6. The summed E-state index contributed by atoms with van der Waals surface area (Å²) < 4.78 is 44.0. The van der Waals surface area contributed by atoms with E-state index in [2.05, 4.69) is 43.5 Å². The van der Waals surface area contributed by atoms with Crippen molar-refractivity contribution in [3.63, 3.8) is 0 Å². The SMILES string of the molecule is CC[n+]1c(CNC(=O)c2nc(Cl)c(N)nc2N)n(CC2CCCCC2)c2cc(OCC[n+]3cccc([O-])c3)ccc21.O=C([O-])C(F)(F)F. The third kappa shape index (κ3) is 9.14. The molecule has 258 valence electrons. The van der Waals surface area contributed by atoms with Gasteiger partial charge in [-0.2, -0.15) is 13.2 Å². The second kappa shape index (κ2) is 15.8. The summed E-state index contributed by atoms with van der Waals surface area (Å²) in [5.41, 5.74) is 13.6. The number of imidazole rings is 1. The number of benzene rings is 1. The Hall–Kier alpha value is -4.86. The highest BCUT2D eigenvalue weighted by Crippen LogP contribution is 2.29. The first-order valence-electron chi connectivity index (χ1n) is 15.3. The lowest BCUT2D eigenvalue weighted by Crippen LogP contribution is -2.41. The Labute approximate surface area is 278 Å². The van der Waals surface area contributed by atoms with Crippen LogP contribution in [0.3, 0.4) is 0 Å². The van der Waals surface area contributed by atoms with E-state index in [1.165, 1.54) is 38.2 Å². The van der Waals surface area contributed by atoms with Gasteiger partial charge in [-0.15, -0.1) is 0 Å². The smallest absolute Gasteiger partial charge is 0.430 e. The van der Waals surface area contributed by atoms with Crippen molar-refractivity contribution in [2.24, 2.45) is 5.92 Å². The number of nitrogens with one attached hydrogen (secondary N) is 1. The number of rotatable bonds is 10. The van der Waals surface area contributed by atoms with Crippen LogP contribution in [0.1, 0.15) is 55.3 Å². The molecule has 0 atom stereocenters. The number of nitrogen functional groups attached to an aromatic ring is 2. The molecule has 1 saturated carbocycles. The van der Waals surface area contributed by atoms with Gasteiger partial charge in [-0.25, -0.2) is 23.7 Å². The van der Waals surface area contributed by atoms with Crippen LogP contribution in [-0.2, 0) is 31.0 Å². The molecule has 0 unspecified atom stereocenters. The summed E-state index contributed by atoms with van der Waals surface area (Å²) in [5, 5.41) is 23.3. The molecule has 5 rings (SSSR count). The monoisotopic (exact) mass is 692 g/mol. The molecule has 0 radical (unpaired) electrons. The lowest BCUT2D eigenvalue weighted by atomic mass is 9.89. The third-order valence-electron chi connectivity index (χ3n) is 7.84. The zero-order valence-corrected chi connectivity index (χ0v) is 26.9. The number of hydrogen-bond acceptors (Lipinski definition) is 9. The van der Waals surface area contributed by atoms with Crippen molar-refractivity contribution in [2.45, 2.75) is 71.4 Å². The minimum atomic E-state index is -5.19. The molecule has 0 bridgehead atoms. The second-order valence-corrected chi connectivity index (χ2v) is 11.5. The molecule has 1 aliphatic rings. The Bertz CT molecular complexity index is 1760. The number of nitrogens with zero attached hydrogens (tertiary/aromatic N) is 5. The van der Waals surface area contributed by atoms with Gasteiger partial charge in [0.25, 0.3) is 11.7 Å². The lowest BCUT2D eigenvalue weighted by Gasteiger charge is -2.20. The van der Waals surface area contributed by atoms with E-state index >= 15 is 0 Å². The molecule has 5 N–H and O–H groups in total. The maximum atomic E-state index is 13.1. The number of amides is 1. The highest BCUT2D eigenvalue weighted by atomic mass is 35.5. The van der Waals surface area contributed by atoms with Crippen LogP contribution in [0.4, 0.5) is 24.8 Å². The molecular formula is C31H36ClF3N8O5. The number of ether oxygens (including phenoxy) is 1. The van der Waals surface area contributed by atoms with Gasteiger partial charge in [-0.05, 0) is 43.6 Å². The van der Waals surface area contributed by atoms with Gasteiger partial charge in [0.05, 0.1) is 13.1 Å². The van der Waals surface area contributed by atoms with E-state index in [-0.39, 0.29) is 34.8 Å². The van der Waals surface area contributed by atoms with E-state index in [0.29, 0.717) is 19.1 Å². The molecule has 48 heavy (non-hydrogen) atoms. The molecular weight excluding hydrogens is 657 g/mol. The highest BCUT2D eigenvalue weighted by molar-refractivity contribution is 6.31. The van der Waals surface area contributed by atoms with Gasteiger partial charge >= 0.3 is 6.18 Å². The van der Waals surface area contributed by atoms with Crippen molar-refractivity contribution >= 4 is 46.1 Å². The number of carbonyl (C=O) groups is 2. The van der Waals surface area contributed by atoms with Crippen molar-refractivity contribution in [1.29, 1.82) is 0 Å². The zero-order valence-electron chi connectivity index (χ0n) is 26.1. The van der Waals surface area contributed by atoms with Gasteiger partial charge in [0, 0.05) is 12.1 Å². The number of anilines is 2. The van der Waals surface area contributed by atoms with E-state index in [0.717, 1.165) is 35.7 Å². The number of carbonyl (C=O) groups excluding carboxylic acids is 2. The Kier molecular flexibility index (Phi) is 11.9. The molecule has 1 fully saturated rings. The third-order valence-corrected chi connectivity index (χ3v) is 8.12. The lowest BCUT2D eigenvalue weighted by molar-refractivity contribution is -0.699. The summed E-state index contributed by atoms with van der Waals surface area (Å²) in [6.45, 7) is 4.90. The largest absolute Gasteiger partial charge is 0.868 e. The maximum absolute atomic E-state index is 13.1. The normalized spacial score (nSPS) is 13.5. The molecule has 1 aromatic carbocycles.